The van der Waals surface area contributed by atoms with Crippen molar-refractivity contribution in [2.45, 2.75) is 23.4 Å². The Balaban J connectivity index is 2.02. The number of rotatable bonds is 2. The summed E-state index contributed by atoms with van der Waals surface area (Å²) >= 11 is 0. The molecule has 2 nitrogen and oxygen atoms in total. The molecule has 2 heterocycles. The highest BCUT2D eigenvalue weighted by Crippen LogP contribution is 2.71. The Morgan fingerprint density at radius 1 is 1.19 bits per heavy atom. The molecule has 2 saturated heterocycles. The van der Waals surface area contributed by atoms with Crippen molar-refractivity contribution in [1.29, 1.82) is 0 Å². The number of benzene rings is 1. The molecule has 16 heavy (non-hydrogen) atoms. The average Bonchev–Trinajstić information content (AvgIpc) is 3.21. The molecule has 4 atom stereocenters. The smallest absolute Gasteiger partial charge is 0.153 e. The van der Waals surface area contributed by atoms with Gasteiger partial charge in [-0.2, -0.15) is 0 Å². The fourth-order valence-electron chi connectivity index (χ4n) is 3.15. The Bertz CT molecular complexity index is 521. The first kappa shape index (κ1) is 8.74. The lowest BCUT2D eigenvalue weighted by Crippen LogP contribution is -2.30. The molecule has 0 saturated carbocycles. The SMILES string of the molecule is C=CC12OC1(C=C)C1OC1c1ccccc12. The lowest BCUT2D eigenvalue weighted by molar-refractivity contribution is 0.256. The van der Waals surface area contributed by atoms with E-state index in [1.54, 1.807) is 0 Å². The van der Waals surface area contributed by atoms with Gasteiger partial charge in [-0.3, -0.25) is 0 Å². The lowest BCUT2D eigenvalue weighted by atomic mass is 9.75. The Kier molecular flexibility index (Phi) is 1.26. The second kappa shape index (κ2) is 2.31. The van der Waals surface area contributed by atoms with Crippen LogP contribution < -0.4 is 0 Å². The summed E-state index contributed by atoms with van der Waals surface area (Å²) in [7, 11) is 0. The van der Waals surface area contributed by atoms with Crippen LogP contribution in [0.3, 0.4) is 0 Å². The molecular formula is C14H12O2. The molecule has 4 unspecified atom stereocenters. The highest BCUT2D eigenvalue weighted by Gasteiger charge is 2.81. The van der Waals surface area contributed by atoms with Gasteiger partial charge in [0, 0.05) is 0 Å². The third-order valence-electron chi connectivity index (χ3n) is 4.04. The quantitative estimate of drug-likeness (QED) is 0.555. The summed E-state index contributed by atoms with van der Waals surface area (Å²) < 4.78 is 11.7. The van der Waals surface area contributed by atoms with Gasteiger partial charge in [-0.1, -0.05) is 49.6 Å². The van der Waals surface area contributed by atoms with Gasteiger partial charge < -0.3 is 9.47 Å². The van der Waals surface area contributed by atoms with Gasteiger partial charge in [0.05, 0.1) is 0 Å². The van der Waals surface area contributed by atoms with Crippen molar-refractivity contribution < 1.29 is 9.47 Å². The van der Waals surface area contributed by atoms with Crippen LogP contribution >= 0.6 is 0 Å². The van der Waals surface area contributed by atoms with E-state index in [0.29, 0.717) is 0 Å². The van der Waals surface area contributed by atoms with Gasteiger partial charge in [0.15, 0.2) is 5.60 Å². The molecule has 1 aromatic carbocycles. The van der Waals surface area contributed by atoms with Gasteiger partial charge in [-0.25, -0.2) is 0 Å². The standard InChI is InChI=1S/C14H12O2/c1-3-13-10-8-6-5-7-9(10)11-12(15-11)14(13,4-2)16-13/h3-8,11-12H,1-2H2. The van der Waals surface area contributed by atoms with Crippen molar-refractivity contribution >= 4 is 0 Å². The fourth-order valence-corrected chi connectivity index (χ4v) is 3.15. The van der Waals surface area contributed by atoms with Gasteiger partial charge in [0.25, 0.3) is 0 Å². The van der Waals surface area contributed by atoms with E-state index in [1.807, 2.05) is 24.3 Å². The summed E-state index contributed by atoms with van der Waals surface area (Å²) in [4.78, 5) is 0. The maximum atomic E-state index is 5.97. The Labute approximate surface area is 94.2 Å². The Hall–Kier alpha value is -1.38. The van der Waals surface area contributed by atoms with E-state index in [-0.39, 0.29) is 17.8 Å². The summed E-state index contributed by atoms with van der Waals surface area (Å²) in [6.45, 7) is 7.80. The van der Waals surface area contributed by atoms with Crippen LogP contribution in [0.15, 0.2) is 49.6 Å². The van der Waals surface area contributed by atoms with Gasteiger partial charge in [-0.15, -0.1) is 0 Å². The first-order valence-electron chi connectivity index (χ1n) is 5.51. The third kappa shape index (κ3) is 0.665. The maximum absolute atomic E-state index is 5.97. The Morgan fingerprint density at radius 2 is 2.00 bits per heavy atom. The number of epoxide rings is 2. The first-order valence-corrected chi connectivity index (χ1v) is 5.51. The predicted molar refractivity (Wildman–Crippen MR) is 59.9 cm³/mol. The van der Waals surface area contributed by atoms with Crippen LogP contribution in [0.25, 0.3) is 0 Å². The van der Waals surface area contributed by atoms with Gasteiger partial charge in [0.1, 0.15) is 17.8 Å². The summed E-state index contributed by atoms with van der Waals surface area (Å²) in [5.41, 5.74) is 1.66. The van der Waals surface area contributed by atoms with E-state index >= 15 is 0 Å². The zero-order valence-electron chi connectivity index (χ0n) is 8.85. The molecule has 1 aliphatic carbocycles. The van der Waals surface area contributed by atoms with Crippen LogP contribution in [0.5, 0.6) is 0 Å². The van der Waals surface area contributed by atoms with Crippen LogP contribution in [0, 0.1) is 0 Å². The Morgan fingerprint density at radius 3 is 2.75 bits per heavy atom. The molecule has 4 rings (SSSR count). The molecule has 0 spiro atoms. The molecule has 80 valence electrons. The van der Waals surface area contributed by atoms with E-state index < -0.39 is 5.60 Å². The highest BCUT2D eigenvalue weighted by atomic mass is 16.7. The monoisotopic (exact) mass is 212 g/mol. The van der Waals surface area contributed by atoms with Crippen molar-refractivity contribution in [3.63, 3.8) is 0 Å². The third-order valence-corrected chi connectivity index (χ3v) is 4.04. The fraction of sp³-hybridized carbons (Fsp3) is 0.286. The molecule has 2 heteroatoms. The molecule has 0 N–H and O–H groups in total. The summed E-state index contributed by atoms with van der Waals surface area (Å²) in [5, 5.41) is 0. The van der Waals surface area contributed by atoms with Gasteiger partial charge in [-0.05, 0) is 11.1 Å². The maximum Gasteiger partial charge on any atom is 0.153 e. The van der Waals surface area contributed by atoms with E-state index in [2.05, 4.69) is 25.3 Å². The first-order chi connectivity index (χ1) is 7.79. The van der Waals surface area contributed by atoms with E-state index in [1.165, 1.54) is 11.1 Å². The van der Waals surface area contributed by atoms with Crippen LogP contribution in [-0.4, -0.2) is 11.7 Å². The molecule has 0 aromatic heterocycles. The van der Waals surface area contributed by atoms with Crippen LogP contribution in [0.1, 0.15) is 17.2 Å². The average molecular weight is 212 g/mol. The van der Waals surface area contributed by atoms with Gasteiger partial charge in [0.2, 0.25) is 0 Å². The molecule has 3 aliphatic rings. The normalized spacial score (nSPS) is 46.0. The second-order valence-corrected chi connectivity index (χ2v) is 4.60. The number of hydrogen-bond donors (Lipinski definition) is 0. The van der Waals surface area contributed by atoms with Gasteiger partial charge >= 0.3 is 0 Å². The second-order valence-electron chi connectivity index (χ2n) is 4.60. The zero-order valence-corrected chi connectivity index (χ0v) is 8.85. The molecule has 1 aromatic rings. The van der Waals surface area contributed by atoms with Crippen molar-refractivity contribution in [2.75, 3.05) is 0 Å². The molecular weight excluding hydrogens is 200 g/mol. The van der Waals surface area contributed by atoms with Crippen molar-refractivity contribution in [3.8, 4) is 0 Å². The van der Waals surface area contributed by atoms with E-state index in [9.17, 15) is 0 Å². The summed E-state index contributed by atoms with van der Waals surface area (Å²) in [6.07, 6.45) is 4.06. The van der Waals surface area contributed by atoms with Crippen LogP contribution in [0.2, 0.25) is 0 Å². The van der Waals surface area contributed by atoms with E-state index in [0.717, 1.165) is 0 Å². The number of ether oxygens (including phenoxy) is 2. The minimum Gasteiger partial charge on any atom is -0.361 e. The molecule has 2 fully saturated rings. The summed E-state index contributed by atoms with van der Waals surface area (Å²) in [5.74, 6) is 0. The highest BCUT2D eigenvalue weighted by molar-refractivity contribution is 5.55. The summed E-state index contributed by atoms with van der Waals surface area (Å²) in [6, 6.07) is 8.28. The molecule has 0 bridgehead atoms. The number of hydrogen-bond acceptors (Lipinski definition) is 2. The topological polar surface area (TPSA) is 25.1 Å². The van der Waals surface area contributed by atoms with Crippen molar-refractivity contribution in [3.05, 3.63) is 60.7 Å². The van der Waals surface area contributed by atoms with Crippen LogP contribution in [0.4, 0.5) is 0 Å². The predicted octanol–water partition coefficient (Wildman–Crippen LogP) is 2.48. The largest absolute Gasteiger partial charge is 0.361 e. The van der Waals surface area contributed by atoms with Crippen LogP contribution in [-0.2, 0) is 15.1 Å². The van der Waals surface area contributed by atoms with E-state index in [4.69, 9.17) is 9.47 Å². The zero-order chi connectivity index (χ0) is 11.0. The minimum atomic E-state index is -0.400. The molecule has 2 aliphatic heterocycles. The lowest BCUT2D eigenvalue weighted by Gasteiger charge is -2.20. The van der Waals surface area contributed by atoms with Crippen molar-refractivity contribution in [2.24, 2.45) is 0 Å². The minimum absolute atomic E-state index is 0.123. The number of fused-ring (bicyclic) bond motifs is 6. The van der Waals surface area contributed by atoms with Crippen molar-refractivity contribution in [1.82, 2.24) is 0 Å². The molecule has 0 radical (unpaired) electrons. The molecule has 0 amide bonds.